The van der Waals surface area contributed by atoms with E-state index in [-0.39, 0.29) is 17.5 Å². The zero-order valence-electron chi connectivity index (χ0n) is 17.2. The first-order chi connectivity index (χ1) is 15.4. The summed E-state index contributed by atoms with van der Waals surface area (Å²) < 4.78 is 5.87. The molecule has 9 nitrogen and oxygen atoms in total. The lowest BCUT2D eigenvalue weighted by Crippen LogP contribution is -2.18. The number of hydrogen-bond acceptors (Lipinski definition) is 6. The van der Waals surface area contributed by atoms with E-state index in [0.29, 0.717) is 39.4 Å². The summed E-state index contributed by atoms with van der Waals surface area (Å²) in [6, 6.07) is 13.8. The maximum Gasteiger partial charge on any atom is 0.269 e. The van der Waals surface area contributed by atoms with Crippen LogP contribution in [0.3, 0.4) is 0 Å². The van der Waals surface area contributed by atoms with E-state index in [4.69, 9.17) is 16.3 Å². The zero-order valence-corrected chi connectivity index (χ0v) is 17.9. The largest absolute Gasteiger partial charge is 0.457 e. The molecule has 0 saturated carbocycles. The number of benzene rings is 2. The van der Waals surface area contributed by atoms with Gasteiger partial charge in [0.25, 0.3) is 5.91 Å². The van der Waals surface area contributed by atoms with E-state index in [2.05, 4.69) is 30.9 Å². The van der Waals surface area contributed by atoms with Gasteiger partial charge in [0.15, 0.2) is 0 Å². The van der Waals surface area contributed by atoms with Gasteiger partial charge in [0.1, 0.15) is 17.2 Å². The molecule has 0 aliphatic carbocycles. The second kappa shape index (κ2) is 8.94. The quantitative estimate of drug-likeness (QED) is 0.344. The third-order valence-electron chi connectivity index (χ3n) is 4.42. The summed E-state index contributed by atoms with van der Waals surface area (Å²) in [7, 11) is 1.54. The Hall–Kier alpha value is -4.11. The monoisotopic (exact) mass is 450 g/mol. The van der Waals surface area contributed by atoms with E-state index in [1.807, 2.05) is 6.07 Å². The predicted molar refractivity (Wildman–Crippen MR) is 123 cm³/mol. The van der Waals surface area contributed by atoms with E-state index in [1.165, 1.54) is 13.1 Å². The molecule has 2 amide bonds. The lowest BCUT2D eigenvalue weighted by molar-refractivity contribution is -0.114. The highest BCUT2D eigenvalue weighted by atomic mass is 35.5. The number of aromatic amines is 1. The standard InChI is InChI=1S/C22H19ClN6O3/c1-12(30)26-18-9-13(3-5-16(18)23)27-22-28-17-6-4-14(10-19(17)29-22)32-15-7-8-25-20(11-15)21(31)24-2/h3-11H,1-2H3,(H,24,31)(H,26,30)(H2,27,28,29). The average Bonchev–Trinajstić information content (AvgIpc) is 3.17. The molecule has 0 aliphatic rings. The first kappa shape index (κ1) is 21.1. The van der Waals surface area contributed by atoms with Gasteiger partial charge in [-0.2, -0.15) is 0 Å². The molecule has 0 unspecified atom stereocenters. The van der Waals surface area contributed by atoms with Crippen LogP contribution in [0.25, 0.3) is 11.0 Å². The van der Waals surface area contributed by atoms with Crippen molar-refractivity contribution in [2.45, 2.75) is 6.92 Å². The Balaban J connectivity index is 1.54. The maximum absolute atomic E-state index is 11.8. The first-order valence-electron chi connectivity index (χ1n) is 9.61. The number of rotatable bonds is 6. The molecule has 32 heavy (non-hydrogen) atoms. The summed E-state index contributed by atoms with van der Waals surface area (Å²) in [6.07, 6.45) is 1.51. The Morgan fingerprint density at radius 2 is 1.88 bits per heavy atom. The van der Waals surface area contributed by atoms with Gasteiger partial charge in [-0.15, -0.1) is 0 Å². The zero-order chi connectivity index (χ0) is 22.7. The molecule has 0 spiro atoms. The Bertz CT molecular complexity index is 1320. The fourth-order valence-electron chi connectivity index (χ4n) is 3.00. The second-order valence-electron chi connectivity index (χ2n) is 6.82. The summed E-state index contributed by atoms with van der Waals surface area (Å²) in [6.45, 7) is 1.42. The van der Waals surface area contributed by atoms with Crippen molar-refractivity contribution in [3.8, 4) is 11.5 Å². The van der Waals surface area contributed by atoms with Crippen LogP contribution < -0.4 is 20.7 Å². The maximum atomic E-state index is 11.8. The number of nitrogens with zero attached hydrogens (tertiary/aromatic N) is 2. The lowest BCUT2D eigenvalue weighted by atomic mass is 10.2. The van der Waals surface area contributed by atoms with Crippen LogP contribution in [0, 0.1) is 0 Å². The van der Waals surface area contributed by atoms with Gasteiger partial charge < -0.3 is 25.7 Å². The van der Waals surface area contributed by atoms with E-state index in [1.54, 1.807) is 49.5 Å². The SMILES string of the molecule is CNC(=O)c1cc(Oc2ccc3[nH]c(Nc4ccc(Cl)c(NC(C)=O)c4)nc3c2)ccn1. The van der Waals surface area contributed by atoms with Gasteiger partial charge in [-0.3, -0.25) is 14.6 Å². The number of carbonyl (C=O) groups is 2. The normalized spacial score (nSPS) is 10.6. The Morgan fingerprint density at radius 3 is 2.66 bits per heavy atom. The number of halogens is 1. The summed E-state index contributed by atoms with van der Waals surface area (Å²) in [5, 5.41) is 8.81. The van der Waals surface area contributed by atoms with Crippen LogP contribution in [0.15, 0.2) is 54.7 Å². The number of aromatic nitrogens is 3. The van der Waals surface area contributed by atoms with Gasteiger partial charge in [0.05, 0.1) is 21.7 Å². The van der Waals surface area contributed by atoms with E-state index < -0.39 is 0 Å². The molecule has 4 aromatic rings. The molecule has 0 bridgehead atoms. The third kappa shape index (κ3) is 4.79. The predicted octanol–water partition coefficient (Wildman–Crippen LogP) is 4.47. The van der Waals surface area contributed by atoms with Crippen molar-refractivity contribution in [1.29, 1.82) is 0 Å². The van der Waals surface area contributed by atoms with Gasteiger partial charge in [0, 0.05) is 38.0 Å². The van der Waals surface area contributed by atoms with Crippen LogP contribution in [0.5, 0.6) is 11.5 Å². The van der Waals surface area contributed by atoms with E-state index in [0.717, 1.165) is 5.52 Å². The number of hydrogen-bond donors (Lipinski definition) is 4. The number of anilines is 3. The molecule has 0 fully saturated rings. The number of nitrogens with one attached hydrogen (secondary N) is 4. The number of ether oxygens (including phenoxy) is 1. The number of amides is 2. The number of fused-ring (bicyclic) bond motifs is 1. The van der Waals surface area contributed by atoms with Gasteiger partial charge in [-0.1, -0.05) is 11.6 Å². The van der Waals surface area contributed by atoms with Crippen molar-refractivity contribution in [2.75, 3.05) is 17.7 Å². The van der Waals surface area contributed by atoms with Crippen molar-refractivity contribution in [3.63, 3.8) is 0 Å². The van der Waals surface area contributed by atoms with Gasteiger partial charge in [0.2, 0.25) is 11.9 Å². The highest BCUT2D eigenvalue weighted by Crippen LogP contribution is 2.29. The fourth-order valence-corrected chi connectivity index (χ4v) is 3.16. The summed E-state index contributed by atoms with van der Waals surface area (Å²) in [4.78, 5) is 34.8. The highest BCUT2D eigenvalue weighted by molar-refractivity contribution is 6.33. The molecule has 0 aliphatic heterocycles. The lowest BCUT2D eigenvalue weighted by Gasteiger charge is -2.08. The van der Waals surface area contributed by atoms with Crippen LogP contribution in [-0.2, 0) is 4.79 Å². The molecule has 10 heteroatoms. The van der Waals surface area contributed by atoms with Crippen molar-refractivity contribution in [2.24, 2.45) is 0 Å². The summed E-state index contributed by atoms with van der Waals surface area (Å²) in [5.74, 6) is 1.05. The van der Waals surface area contributed by atoms with Crippen LogP contribution in [0.1, 0.15) is 17.4 Å². The molecule has 162 valence electrons. The van der Waals surface area contributed by atoms with E-state index in [9.17, 15) is 9.59 Å². The number of imidazole rings is 1. The second-order valence-corrected chi connectivity index (χ2v) is 7.23. The minimum Gasteiger partial charge on any atom is -0.457 e. The Morgan fingerprint density at radius 1 is 1.06 bits per heavy atom. The van der Waals surface area contributed by atoms with E-state index >= 15 is 0 Å². The molecule has 2 heterocycles. The smallest absolute Gasteiger partial charge is 0.269 e. The molecular weight excluding hydrogens is 432 g/mol. The van der Waals surface area contributed by atoms with Gasteiger partial charge in [-0.25, -0.2) is 4.98 Å². The molecule has 0 saturated heterocycles. The number of H-pyrrole nitrogens is 1. The van der Waals surface area contributed by atoms with Crippen LogP contribution >= 0.6 is 11.6 Å². The minimum absolute atomic E-state index is 0.211. The number of carbonyl (C=O) groups excluding carboxylic acids is 2. The summed E-state index contributed by atoms with van der Waals surface area (Å²) in [5.41, 5.74) is 2.95. The van der Waals surface area contributed by atoms with Gasteiger partial charge in [-0.05, 0) is 36.4 Å². The minimum atomic E-state index is -0.294. The topological polar surface area (TPSA) is 121 Å². The highest BCUT2D eigenvalue weighted by Gasteiger charge is 2.10. The summed E-state index contributed by atoms with van der Waals surface area (Å²) >= 11 is 6.12. The first-order valence-corrected chi connectivity index (χ1v) is 9.99. The molecule has 0 radical (unpaired) electrons. The van der Waals surface area contributed by atoms with Gasteiger partial charge >= 0.3 is 0 Å². The third-order valence-corrected chi connectivity index (χ3v) is 4.75. The Kier molecular flexibility index (Phi) is 5.91. The van der Waals surface area contributed by atoms with Crippen molar-refractivity contribution in [3.05, 3.63) is 65.4 Å². The molecule has 4 rings (SSSR count). The fraction of sp³-hybridized carbons (Fsp3) is 0.0909. The van der Waals surface area contributed by atoms with Crippen molar-refractivity contribution < 1.29 is 14.3 Å². The van der Waals surface area contributed by atoms with Crippen molar-refractivity contribution in [1.82, 2.24) is 20.3 Å². The van der Waals surface area contributed by atoms with Crippen LogP contribution in [-0.4, -0.2) is 33.8 Å². The van der Waals surface area contributed by atoms with Crippen molar-refractivity contribution >= 4 is 51.8 Å². The average molecular weight is 451 g/mol. The molecule has 4 N–H and O–H groups in total. The van der Waals surface area contributed by atoms with Crippen LogP contribution in [0.4, 0.5) is 17.3 Å². The Labute approximate surface area is 188 Å². The molecular formula is C22H19ClN6O3. The van der Waals surface area contributed by atoms with Crippen LogP contribution in [0.2, 0.25) is 5.02 Å². The molecule has 0 atom stereocenters. The number of pyridine rings is 1. The molecule has 2 aromatic carbocycles. The molecule has 2 aromatic heterocycles.